The Morgan fingerprint density at radius 1 is 1.18 bits per heavy atom. The van der Waals surface area contributed by atoms with Crippen molar-refractivity contribution in [2.75, 3.05) is 23.7 Å². The molecule has 194 valence electrons. The molecule has 0 spiro atoms. The molecule has 3 N–H and O–H groups in total. The van der Waals surface area contributed by atoms with Gasteiger partial charge in [-0.3, -0.25) is 10.00 Å². The molecule has 1 saturated heterocycles. The third kappa shape index (κ3) is 4.90. The van der Waals surface area contributed by atoms with E-state index in [1.807, 2.05) is 42.1 Å². The Morgan fingerprint density at radius 2 is 2.08 bits per heavy atom. The lowest BCUT2D eigenvalue weighted by Crippen LogP contribution is -2.37. The number of hydrogen-bond acceptors (Lipinski definition) is 7. The zero-order chi connectivity index (χ0) is 25.9. The number of carbonyl (C=O) groups excluding carboxylic acids is 1. The standard InChI is InChI=1S/C28H30N8O2/c1-2-23-24(34-28(37)38-22-9-6-12-29-15-22)17-36-26(23)27(30-18-32-36)33-21-10-11-25-20(13-21)14-31-35(25)16-19-7-4-3-5-8-19/h3-5,7-8,10-11,13-14,17-18,22,29H,2,6,9,12,15-16H2,1H3,(H,34,37)(H,30,32,33)/t22-/m1/s1. The number of fused-ring (bicyclic) bond motifs is 2. The van der Waals surface area contributed by atoms with Crippen LogP contribution in [0.4, 0.5) is 22.0 Å². The summed E-state index contributed by atoms with van der Waals surface area (Å²) in [5.41, 5.74) is 5.56. The van der Waals surface area contributed by atoms with E-state index in [0.717, 1.165) is 47.1 Å². The lowest BCUT2D eigenvalue weighted by atomic mass is 10.1. The molecule has 38 heavy (non-hydrogen) atoms. The Bertz CT molecular complexity index is 1570. The summed E-state index contributed by atoms with van der Waals surface area (Å²) in [4.78, 5) is 17.1. The zero-order valence-electron chi connectivity index (χ0n) is 21.2. The van der Waals surface area contributed by atoms with Crippen LogP contribution in [0.25, 0.3) is 16.4 Å². The topological polar surface area (TPSA) is 110 Å². The predicted molar refractivity (Wildman–Crippen MR) is 147 cm³/mol. The predicted octanol–water partition coefficient (Wildman–Crippen LogP) is 4.73. The van der Waals surface area contributed by atoms with Crippen LogP contribution in [-0.2, 0) is 17.7 Å². The van der Waals surface area contributed by atoms with Crippen LogP contribution in [0.3, 0.4) is 0 Å². The summed E-state index contributed by atoms with van der Waals surface area (Å²) in [6, 6.07) is 16.4. The van der Waals surface area contributed by atoms with Crippen molar-refractivity contribution in [1.29, 1.82) is 0 Å². The molecule has 1 atom stereocenters. The van der Waals surface area contributed by atoms with Gasteiger partial charge in [0.05, 0.1) is 30.1 Å². The molecule has 0 saturated carbocycles. The number of nitrogens with one attached hydrogen (secondary N) is 3. The molecule has 6 rings (SSSR count). The molecule has 0 bridgehead atoms. The van der Waals surface area contributed by atoms with E-state index in [2.05, 4.69) is 55.4 Å². The van der Waals surface area contributed by atoms with Gasteiger partial charge < -0.3 is 15.4 Å². The van der Waals surface area contributed by atoms with Crippen LogP contribution < -0.4 is 16.0 Å². The fourth-order valence-corrected chi connectivity index (χ4v) is 5.03. The quantitative estimate of drug-likeness (QED) is 0.290. The monoisotopic (exact) mass is 510 g/mol. The zero-order valence-corrected chi connectivity index (χ0v) is 21.2. The summed E-state index contributed by atoms with van der Waals surface area (Å²) in [6.45, 7) is 4.40. The van der Waals surface area contributed by atoms with Crippen LogP contribution in [-0.4, -0.2) is 49.7 Å². The SMILES string of the molecule is CCc1c(NC(=O)O[C@@H]2CCCNC2)cn2ncnc(Nc3ccc4c(cnn4Cc4ccccc4)c3)c12. The van der Waals surface area contributed by atoms with Crippen molar-refractivity contribution in [3.63, 3.8) is 0 Å². The van der Waals surface area contributed by atoms with Crippen molar-refractivity contribution in [3.8, 4) is 0 Å². The van der Waals surface area contributed by atoms with Gasteiger partial charge in [0.25, 0.3) is 0 Å². The van der Waals surface area contributed by atoms with Crippen molar-refractivity contribution < 1.29 is 9.53 Å². The first-order chi connectivity index (χ1) is 18.7. The van der Waals surface area contributed by atoms with E-state index in [0.29, 0.717) is 31.0 Å². The molecule has 0 aliphatic carbocycles. The average molecular weight is 511 g/mol. The van der Waals surface area contributed by atoms with Crippen LogP contribution in [0.5, 0.6) is 0 Å². The Morgan fingerprint density at radius 3 is 2.89 bits per heavy atom. The molecule has 1 aliphatic heterocycles. The van der Waals surface area contributed by atoms with Gasteiger partial charge in [-0.05, 0) is 49.6 Å². The first kappa shape index (κ1) is 23.9. The highest BCUT2D eigenvalue weighted by molar-refractivity contribution is 5.91. The minimum absolute atomic E-state index is 0.116. The van der Waals surface area contributed by atoms with E-state index in [4.69, 9.17) is 4.74 Å². The highest BCUT2D eigenvalue weighted by Crippen LogP contribution is 2.30. The van der Waals surface area contributed by atoms with E-state index in [1.54, 1.807) is 10.7 Å². The largest absolute Gasteiger partial charge is 0.445 e. The Labute approximate surface area is 220 Å². The van der Waals surface area contributed by atoms with Crippen LogP contribution in [0.2, 0.25) is 0 Å². The van der Waals surface area contributed by atoms with E-state index in [-0.39, 0.29) is 6.10 Å². The number of anilines is 3. The minimum Gasteiger partial charge on any atom is -0.445 e. The van der Waals surface area contributed by atoms with Gasteiger partial charge >= 0.3 is 6.09 Å². The number of carbonyl (C=O) groups is 1. The van der Waals surface area contributed by atoms with Crippen LogP contribution in [0, 0.1) is 0 Å². The van der Waals surface area contributed by atoms with Crippen LogP contribution in [0.15, 0.2) is 67.3 Å². The molecule has 0 radical (unpaired) electrons. The number of aromatic nitrogens is 5. The number of aryl methyl sites for hydroxylation is 1. The first-order valence-corrected chi connectivity index (χ1v) is 13.0. The average Bonchev–Trinajstić information content (AvgIpc) is 3.50. The second kappa shape index (κ2) is 10.5. The number of ether oxygens (including phenoxy) is 1. The summed E-state index contributed by atoms with van der Waals surface area (Å²) < 4.78 is 9.35. The number of hydrogen-bond donors (Lipinski definition) is 3. The normalized spacial score (nSPS) is 15.6. The summed E-state index contributed by atoms with van der Waals surface area (Å²) in [5.74, 6) is 0.658. The Hall–Kier alpha value is -4.44. The number of piperidine rings is 1. The molecule has 5 aromatic rings. The van der Waals surface area contributed by atoms with Gasteiger partial charge in [-0.1, -0.05) is 37.3 Å². The maximum absolute atomic E-state index is 12.6. The summed E-state index contributed by atoms with van der Waals surface area (Å²) >= 11 is 0. The number of rotatable bonds is 7. The molecule has 10 nitrogen and oxygen atoms in total. The van der Waals surface area contributed by atoms with Crippen molar-refractivity contribution in [2.45, 2.75) is 38.8 Å². The number of amides is 1. The second-order valence-electron chi connectivity index (χ2n) is 9.46. The Balaban J connectivity index is 1.24. The smallest absolute Gasteiger partial charge is 0.412 e. The number of nitrogens with zero attached hydrogens (tertiary/aromatic N) is 5. The molecule has 1 fully saturated rings. The maximum Gasteiger partial charge on any atom is 0.412 e. The van der Waals surface area contributed by atoms with Gasteiger partial charge in [-0.2, -0.15) is 10.2 Å². The molecule has 1 amide bonds. The number of benzene rings is 2. The van der Waals surface area contributed by atoms with Crippen molar-refractivity contribution in [2.24, 2.45) is 0 Å². The highest BCUT2D eigenvalue weighted by Gasteiger charge is 2.21. The van der Waals surface area contributed by atoms with Gasteiger partial charge in [-0.15, -0.1) is 0 Å². The third-order valence-electron chi connectivity index (χ3n) is 6.87. The summed E-state index contributed by atoms with van der Waals surface area (Å²) in [6.07, 6.45) is 7.17. The van der Waals surface area contributed by atoms with Gasteiger partial charge in [0, 0.05) is 23.2 Å². The Kier molecular flexibility index (Phi) is 6.62. The lowest BCUT2D eigenvalue weighted by molar-refractivity contribution is 0.0941. The molecule has 1 aliphatic rings. The second-order valence-corrected chi connectivity index (χ2v) is 9.46. The first-order valence-electron chi connectivity index (χ1n) is 13.0. The van der Waals surface area contributed by atoms with E-state index in [1.165, 1.54) is 11.9 Å². The lowest BCUT2D eigenvalue weighted by Gasteiger charge is -2.22. The molecule has 10 heteroatoms. The van der Waals surface area contributed by atoms with Gasteiger partial charge in [0.1, 0.15) is 17.9 Å². The summed E-state index contributed by atoms with van der Waals surface area (Å²) in [7, 11) is 0. The fraction of sp³-hybridized carbons (Fsp3) is 0.286. The molecule has 2 aromatic carbocycles. The van der Waals surface area contributed by atoms with Crippen LogP contribution >= 0.6 is 0 Å². The van der Waals surface area contributed by atoms with Crippen molar-refractivity contribution >= 4 is 39.7 Å². The van der Waals surface area contributed by atoms with Gasteiger partial charge in [0.2, 0.25) is 0 Å². The maximum atomic E-state index is 12.6. The highest BCUT2D eigenvalue weighted by atomic mass is 16.6. The van der Waals surface area contributed by atoms with E-state index in [9.17, 15) is 4.79 Å². The van der Waals surface area contributed by atoms with E-state index >= 15 is 0 Å². The molecule has 4 heterocycles. The molecule has 3 aromatic heterocycles. The fourth-order valence-electron chi connectivity index (χ4n) is 5.03. The van der Waals surface area contributed by atoms with E-state index < -0.39 is 6.09 Å². The van der Waals surface area contributed by atoms with Crippen LogP contribution in [0.1, 0.15) is 30.9 Å². The van der Waals surface area contributed by atoms with Crippen molar-refractivity contribution in [3.05, 3.63) is 78.4 Å². The molecular weight excluding hydrogens is 480 g/mol. The van der Waals surface area contributed by atoms with Crippen molar-refractivity contribution in [1.82, 2.24) is 29.7 Å². The third-order valence-corrected chi connectivity index (χ3v) is 6.87. The molecule has 0 unspecified atom stereocenters. The molecular formula is C28H30N8O2. The van der Waals surface area contributed by atoms with Gasteiger partial charge in [-0.25, -0.2) is 14.3 Å². The minimum atomic E-state index is -0.454. The summed E-state index contributed by atoms with van der Waals surface area (Å²) in [5, 5.41) is 19.6. The van der Waals surface area contributed by atoms with Gasteiger partial charge in [0.15, 0.2) is 5.82 Å².